The zero-order valence-corrected chi connectivity index (χ0v) is 71.4. The van der Waals surface area contributed by atoms with Gasteiger partial charge in [-0.15, -0.1) is 0 Å². The molecule has 0 saturated carbocycles. The van der Waals surface area contributed by atoms with Crippen LogP contribution in [0.3, 0.4) is 0 Å². The molecule has 8 heterocycles. The minimum atomic E-state index is -0.475. The van der Waals surface area contributed by atoms with Crippen molar-refractivity contribution in [2.75, 3.05) is 0 Å². The maximum atomic E-state index is 6.54. The van der Waals surface area contributed by atoms with Crippen LogP contribution in [-0.4, -0.2) is 29.9 Å². The maximum absolute atomic E-state index is 6.54. The molecule has 6 aromatic heterocycles. The fourth-order valence-electron chi connectivity index (χ4n) is 21.5. The average molecular weight is 1690 g/mol. The third-order valence-corrected chi connectivity index (χ3v) is 29.3. The first-order chi connectivity index (χ1) is 64.4. The standard InChI is InChI=1S/2C60H35N3OS/c1-2-16-36(17-3-1)59-62-52(35-53(63-59)44-25-15-24-43-42-23-7-12-30-54(42)64-58(43)44)37-18-14-19-38(32-37)57-46-34-56-50(33-45(46)41-22-6-11-29-51(41)61-57)60(49-28-10-13-31-55(49)65-56)47-26-8-4-20-39(47)40-21-5-9-27-48(40)60;1-2-16-36(17-3-1)59-62-51(35-52(63-59)42-24-15-30-54-57(42)43-23-7-12-29-53(43)64-54)37-18-14-19-38(32-37)58-45-34-56-49(33-44(45)41-22-6-11-28-50(41)61-58)60(48-27-10-13-31-55(48)65-56)46-25-8-4-20-39(46)40-21-5-9-26-47(40)60/h2*1-35H. The first-order valence-electron chi connectivity index (χ1n) is 44.0. The topological polar surface area (TPSA) is 104 Å². The Kier molecular flexibility index (Phi) is 16.6. The van der Waals surface area contributed by atoms with Gasteiger partial charge in [-0.2, -0.15) is 0 Å². The number of nitrogens with zero attached hydrogens (tertiary/aromatic N) is 6. The smallest absolute Gasteiger partial charge is 0.160 e. The Morgan fingerprint density at radius 3 is 1.05 bits per heavy atom. The first kappa shape index (κ1) is 74.1. The molecule has 130 heavy (non-hydrogen) atoms. The van der Waals surface area contributed by atoms with E-state index in [2.05, 4.69) is 352 Å². The Morgan fingerprint density at radius 2 is 0.546 bits per heavy atom. The number of hydrogen-bond donors (Lipinski definition) is 0. The van der Waals surface area contributed by atoms with Crippen molar-refractivity contribution in [3.05, 3.63) is 469 Å². The van der Waals surface area contributed by atoms with E-state index in [0.717, 1.165) is 155 Å². The molecule has 0 unspecified atom stereocenters. The van der Waals surface area contributed by atoms with E-state index in [1.165, 1.54) is 97.1 Å². The second kappa shape index (κ2) is 29.2. The Hall–Kier alpha value is -16.2. The van der Waals surface area contributed by atoms with Crippen LogP contribution in [0.25, 0.3) is 200 Å². The molecule has 4 aliphatic rings. The summed E-state index contributed by atoms with van der Waals surface area (Å²) in [5, 5.41) is 11.1. The summed E-state index contributed by atoms with van der Waals surface area (Å²) in [5.41, 5.74) is 33.1. The van der Waals surface area contributed by atoms with Crippen molar-refractivity contribution >= 4 is 111 Å². The summed E-state index contributed by atoms with van der Waals surface area (Å²) in [6, 6.07) is 152. The van der Waals surface area contributed by atoms with Gasteiger partial charge in [-0.1, -0.05) is 351 Å². The minimum absolute atomic E-state index is 0.475. The van der Waals surface area contributed by atoms with Gasteiger partial charge in [0.05, 0.1) is 56.0 Å². The number of pyridine rings is 2. The Balaban J connectivity index is 0.000000134. The SMILES string of the molecule is c1ccc(-c2nc(-c3cccc(-c4nc5ccccc5c5cc6c(cc45)Sc4ccccc4C64c5ccccc5-c5ccccc54)c3)cc(-c3cccc4c3oc3ccccc34)n2)cc1.c1ccc(-c2nc(-c3cccc(-c4nc5ccccc5c5cc6c(cc45)Sc4ccccc4C64c5ccccc5-c5ccccc54)c3)cc(-c3cccc4oc5ccccc5c34)n2)cc1. The van der Waals surface area contributed by atoms with Crippen LogP contribution < -0.4 is 0 Å². The molecule has 2 aliphatic carbocycles. The molecular weight excluding hydrogens is 1620 g/mol. The van der Waals surface area contributed by atoms with E-state index in [0.29, 0.717) is 11.6 Å². The molecule has 0 fully saturated rings. The van der Waals surface area contributed by atoms with Gasteiger partial charge in [-0.05, 0) is 175 Å². The van der Waals surface area contributed by atoms with Crippen LogP contribution in [0.2, 0.25) is 0 Å². The molecule has 10 heteroatoms. The first-order valence-corrected chi connectivity index (χ1v) is 45.6. The molecule has 28 rings (SSSR count). The summed E-state index contributed by atoms with van der Waals surface area (Å²) >= 11 is 3.73. The molecule has 0 N–H and O–H groups in total. The molecule has 0 bridgehead atoms. The lowest BCUT2D eigenvalue weighted by Gasteiger charge is -2.40. The molecule has 2 aliphatic heterocycles. The van der Waals surface area contributed by atoms with E-state index in [1.54, 1.807) is 0 Å². The van der Waals surface area contributed by atoms with Gasteiger partial charge < -0.3 is 8.83 Å². The highest BCUT2D eigenvalue weighted by Crippen LogP contribution is 2.65. The molecule has 18 aromatic carbocycles. The lowest BCUT2D eigenvalue weighted by atomic mass is 9.67. The van der Waals surface area contributed by atoms with Gasteiger partial charge >= 0.3 is 0 Å². The maximum Gasteiger partial charge on any atom is 0.160 e. The van der Waals surface area contributed by atoms with Crippen LogP contribution in [0, 0.1) is 0 Å². The van der Waals surface area contributed by atoms with Crippen molar-refractivity contribution < 1.29 is 8.83 Å². The number of benzene rings is 18. The van der Waals surface area contributed by atoms with Crippen molar-refractivity contribution in [3.8, 4) is 113 Å². The fourth-order valence-corrected chi connectivity index (χ4v) is 24.0. The molecule has 0 saturated heterocycles. The van der Waals surface area contributed by atoms with E-state index < -0.39 is 10.8 Å². The average Bonchev–Trinajstić information content (AvgIpc) is 1.47. The number of hydrogen-bond acceptors (Lipinski definition) is 10. The highest BCUT2D eigenvalue weighted by molar-refractivity contribution is 7.99. The molecule has 0 amide bonds. The second-order valence-electron chi connectivity index (χ2n) is 34.0. The quantitative estimate of drug-likeness (QED) is 0.137. The third kappa shape index (κ3) is 11.2. The normalized spacial score (nSPS) is 13.3. The summed E-state index contributed by atoms with van der Waals surface area (Å²) in [6.07, 6.45) is 0. The molecule has 604 valence electrons. The number of fused-ring (bicyclic) bond motifs is 30. The van der Waals surface area contributed by atoms with Gasteiger partial charge in [0.25, 0.3) is 0 Å². The number of rotatable bonds is 8. The van der Waals surface area contributed by atoms with Gasteiger partial charge in [0.15, 0.2) is 11.6 Å². The van der Waals surface area contributed by atoms with Crippen LogP contribution in [0.1, 0.15) is 44.5 Å². The van der Waals surface area contributed by atoms with Crippen LogP contribution in [0.5, 0.6) is 0 Å². The number of furan rings is 2. The summed E-state index contributed by atoms with van der Waals surface area (Å²) < 4.78 is 12.9. The molecule has 24 aromatic rings. The second-order valence-corrected chi connectivity index (χ2v) is 36.2. The predicted molar refractivity (Wildman–Crippen MR) is 531 cm³/mol. The number of para-hydroxylation sites is 5. The van der Waals surface area contributed by atoms with Crippen LogP contribution in [-0.2, 0) is 10.8 Å². The predicted octanol–water partition coefficient (Wildman–Crippen LogP) is 31.1. The Bertz CT molecular complexity index is 8830. The Morgan fingerprint density at radius 1 is 0.192 bits per heavy atom. The lowest BCUT2D eigenvalue weighted by molar-refractivity contribution is 0.669. The van der Waals surface area contributed by atoms with Crippen LogP contribution in [0.15, 0.2) is 453 Å². The summed E-state index contributed by atoms with van der Waals surface area (Å²) in [4.78, 5) is 37.0. The largest absolute Gasteiger partial charge is 0.456 e. The lowest BCUT2D eigenvalue weighted by Crippen LogP contribution is -2.32. The van der Waals surface area contributed by atoms with Crippen molar-refractivity contribution in [3.63, 3.8) is 0 Å². The zero-order chi connectivity index (χ0) is 85.3. The van der Waals surface area contributed by atoms with E-state index in [9.17, 15) is 0 Å². The van der Waals surface area contributed by atoms with E-state index in [1.807, 2.05) is 96.3 Å². The monoisotopic (exact) mass is 1690 g/mol. The minimum Gasteiger partial charge on any atom is -0.456 e. The van der Waals surface area contributed by atoms with Crippen molar-refractivity contribution in [2.45, 2.75) is 30.4 Å². The highest BCUT2D eigenvalue weighted by atomic mass is 32.2. The summed E-state index contributed by atoms with van der Waals surface area (Å²) in [6.45, 7) is 0. The summed E-state index contributed by atoms with van der Waals surface area (Å²) in [5.74, 6) is 1.31. The van der Waals surface area contributed by atoms with Gasteiger partial charge in [0.1, 0.15) is 22.3 Å². The van der Waals surface area contributed by atoms with Crippen molar-refractivity contribution in [2.24, 2.45) is 0 Å². The van der Waals surface area contributed by atoms with Gasteiger partial charge in [0, 0.05) is 107 Å². The molecule has 2 spiro atoms. The molecule has 0 radical (unpaired) electrons. The fraction of sp³-hybridized carbons (Fsp3) is 0.0167. The van der Waals surface area contributed by atoms with Crippen LogP contribution >= 0.6 is 23.5 Å². The summed E-state index contributed by atoms with van der Waals surface area (Å²) in [7, 11) is 0. The van der Waals surface area contributed by atoms with Gasteiger partial charge in [0.2, 0.25) is 0 Å². The van der Waals surface area contributed by atoms with E-state index in [4.69, 9.17) is 38.7 Å². The zero-order valence-electron chi connectivity index (χ0n) is 69.7. The molecule has 8 nitrogen and oxygen atoms in total. The van der Waals surface area contributed by atoms with Gasteiger partial charge in [-0.3, -0.25) is 0 Å². The third-order valence-electron chi connectivity index (χ3n) is 27.1. The van der Waals surface area contributed by atoms with Crippen molar-refractivity contribution in [1.82, 2.24) is 29.9 Å². The highest BCUT2D eigenvalue weighted by Gasteiger charge is 2.52. The van der Waals surface area contributed by atoms with E-state index in [-0.39, 0.29) is 0 Å². The molecule has 0 atom stereocenters. The Labute approximate surface area is 756 Å². The van der Waals surface area contributed by atoms with Crippen molar-refractivity contribution in [1.29, 1.82) is 0 Å². The van der Waals surface area contributed by atoms with Crippen LogP contribution in [0.4, 0.5) is 0 Å². The number of aromatic nitrogens is 6. The van der Waals surface area contributed by atoms with E-state index >= 15 is 0 Å². The van der Waals surface area contributed by atoms with Gasteiger partial charge in [-0.25, -0.2) is 29.9 Å². The molecular formula is C120H70N6O2S2.